The van der Waals surface area contributed by atoms with E-state index in [0.29, 0.717) is 6.04 Å². The Hall–Kier alpha value is -2.33. The minimum Gasteiger partial charge on any atom is -0.465 e. The summed E-state index contributed by atoms with van der Waals surface area (Å²) in [7, 11) is 0. The van der Waals surface area contributed by atoms with Crippen LogP contribution in [0.1, 0.15) is 42.0 Å². The second-order valence-electron chi connectivity index (χ2n) is 8.26. The van der Waals surface area contributed by atoms with Crippen molar-refractivity contribution in [1.82, 2.24) is 9.80 Å². The van der Waals surface area contributed by atoms with E-state index in [4.69, 9.17) is 0 Å². The van der Waals surface area contributed by atoms with Crippen molar-refractivity contribution in [2.45, 2.75) is 43.8 Å². The lowest BCUT2D eigenvalue weighted by Gasteiger charge is -2.53. The third kappa shape index (κ3) is 2.83. The molecule has 0 radical (unpaired) electrons. The van der Waals surface area contributed by atoms with E-state index in [-0.39, 0.29) is 12.1 Å². The second-order valence-corrected chi connectivity index (χ2v) is 8.26. The summed E-state index contributed by atoms with van der Waals surface area (Å²) >= 11 is 0. The van der Waals surface area contributed by atoms with Gasteiger partial charge >= 0.3 is 6.09 Å². The normalized spacial score (nSPS) is 32.1. The Bertz CT molecular complexity index is 829. The van der Waals surface area contributed by atoms with Crippen LogP contribution in [0.15, 0.2) is 54.6 Å². The first-order chi connectivity index (χ1) is 13.2. The van der Waals surface area contributed by atoms with Gasteiger partial charge in [-0.15, -0.1) is 0 Å². The van der Waals surface area contributed by atoms with Crippen LogP contribution in [0.2, 0.25) is 0 Å². The van der Waals surface area contributed by atoms with Gasteiger partial charge in [-0.3, -0.25) is 9.80 Å². The minimum atomic E-state index is -0.800. The molecule has 3 atom stereocenters. The molecule has 27 heavy (non-hydrogen) atoms. The molecule has 3 unspecified atom stereocenters. The number of hydrogen-bond donors (Lipinski definition) is 1. The van der Waals surface area contributed by atoms with E-state index < -0.39 is 6.09 Å². The molecule has 4 aliphatic rings. The van der Waals surface area contributed by atoms with Gasteiger partial charge in [0.2, 0.25) is 0 Å². The van der Waals surface area contributed by atoms with Gasteiger partial charge in [0.25, 0.3) is 0 Å². The van der Waals surface area contributed by atoms with Gasteiger partial charge < -0.3 is 5.11 Å². The number of amides is 1. The summed E-state index contributed by atoms with van der Waals surface area (Å²) in [6.07, 6.45) is 3.70. The molecule has 0 aliphatic carbocycles. The Morgan fingerprint density at radius 3 is 2.30 bits per heavy atom. The van der Waals surface area contributed by atoms with Crippen LogP contribution in [0.5, 0.6) is 0 Å². The third-order valence-electron chi connectivity index (χ3n) is 6.89. The van der Waals surface area contributed by atoms with E-state index >= 15 is 0 Å². The predicted molar refractivity (Wildman–Crippen MR) is 105 cm³/mol. The van der Waals surface area contributed by atoms with Crippen LogP contribution in [0.4, 0.5) is 4.79 Å². The molecule has 140 valence electrons. The van der Waals surface area contributed by atoms with Gasteiger partial charge in [-0.2, -0.15) is 0 Å². The molecule has 6 rings (SSSR count). The molecule has 0 aromatic heterocycles. The van der Waals surface area contributed by atoms with E-state index in [1.54, 1.807) is 4.90 Å². The molecule has 2 bridgehead atoms. The average molecular weight is 362 g/mol. The number of carbonyl (C=O) groups is 1. The molecule has 0 saturated carbocycles. The Kier molecular flexibility index (Phi) is 4.16. The molecule has 4 heterocycles. The molecule has 2 aromatic carbocycles. The lowest BCUT2D eigenvalue weighted by atomic mass is 9.75. The first-order valence-corrected chi connectivity index (χ1v) is 10.1. The predicted octanol–water partition coefficient (Wildman–Crippen LogP) is 4.17. The highest BCUT2D eigenvalue weighted by Gasteiger charge is 2.46. The number of nitrogens with zero attached hydrogens (tertiary/aromatic N) is 2. The summed E-state index contributed by atoms with van der Waals surface area (Å²) in [4.78, 5) is 16.8. The number of hydrogen-bond acceptors (Lipinski definition) is 2. The Morgan fingerprint density at radius 2 is 1.63 bits per heavy atom. The second kappa shape index (κ2) is 6.68. The van der Waals surface area contributed by atoms with Crippen molar-refractivity contribution in [2.24, 2.45) is 5.92 Å². The number of fused-ring (bicyclic) bond motifs is 4. The van der Waals surface area contributed by atoms with Crippen LogP contribution in [0, 0.1) is 5.92 Å². The highest BCUT2D eigenvalue weighted by Crippen LogP contribution is 2.43. The van der Waals surface area contributed by atoms with Crippen molar-refractivity contribution in [1.29, 1.82) is 0 Å². The number of benzene rings is 2. The fourth-order valence-electron chi connectivity index (χ4n) is 5.61. The first kappa shape index (κ1) is 16.8. The Morgan fingerprint density at radius 1 is 0.926 bits per heavy atom. The topological polar surface area (TPSA) is 43.8 Å². The van der Waals surface area contributed by atoms with Crippen molar-refractivity contribution >= 4 is 6.09 Å². The quantitative estimate of drug-likeness (QED) is 0.872. The highest BCUT2D eigenvalue weighted by molar-refractivity contribution is 5.68. The van der Waals surface area contributed by atoms with Gasteiger partial charge in [0, 0.05) is 6.04 Å². The summed E-state index contributed by atoms with van der Waals surface area (Å²) in [5.74, 6) is 0.767. The van der Waals surface area contributed by atoms with Gasteiger partial charge in [-0.25, -0.2) is 4.79 Å². The summed E-state index contributed by atoms with van der Waals surface area (Å²) in [5.41, 5.74) is 3.50. The molecule has 1 amide bonds. The standard InChI is InChI=1S/C23H26N2O2/c26-23(27)25-21(20-14-16-10-12-24(20)13-11-16)15-18-8-4-5-9-19(18)22(25)17-6-2-1-3-7-17/h1-9,16,20-22H,10-15H2,(H,26,27). The van der Waals surface area contributed by atoms with Crippen LogP contribution in [0.25, 0.3) is 0 Å². The first-order valence-electron chi connectivity index (χ1n) is 10.1. The van der Waals surface area contributed by atoms with Crippen LogP contribution in [0.3, 0.4) is 0 Å². The molecule has 0 spiro atoms. The number of rotatable bonds is 2. The number of carboxylic acid groups (broad SMARTS) is 1. The molecule has 1 N–H and O–H groups in total. The summed E-state index contributed by atoms with van der Waals surface area (Å²) in [6, 6.07) is 18.7. The minimum absolute atomic E-state index is 0.0192. The molecule has 2 aromatic rings. The molecule has 3 fully saturated rings. The zero-order valence-electron chi connectivity index (χ0n) is 15.5. The molecule has 3 saturated heterocycles. The van der Waals surface area contributed by atoms with Crippen molar-refractivity contribution in [3.05, 3.63) is 71.3 Å². The number of piperidine rings is 3. The van der Waals surface area contributed by atoms with Crippen molar-refractivity contribution in [3.63, 3.8) is 0 Å². The van der Waals surface area contributed by atoms with E-state index in [9.17, 15) is 9.90 Å². The van der Waals surface area contributed by atoms with Crippen LogP contribution in [-0.4, -0.2) is 46.2 Å². The lowest BCUT2D eigenvalue weighted by molar-refractivity contribution is -0.0134. The maximum Gasteiger partial charge on any atom is 0.408 e. The third-order valence-corrected chi connectivity index (χ3v) is 6.89. The average Bonchev–Trinajstić information content (AvgIpc) is 2.73. The smallest absolute Gasteiger partial charge is 0.408 e. The van der Waals surface area contributed by atoms with Gasteiger partial charge in [-0.1, -0.05) is 54.6 Å². The Balaban J connectivity index is 1.61. The summed E-state index contributed by atoms with van der Waals surface area (Å²) in [6.45, 7) is 2.24. The molecule has 4 nitrogen and oxygen atoms in total. The fourth-order valence-corrected chi connectivity index (χ4v) is 5.61. The molecular weight excluding hydrogens is 336 g/mol. The van der Waals surface area contributed by atoms with Crippen LogP contribution >= 0.6 is 0 Å². The lowest BCUT2D eigenvalue weighted by Crippen LogP contribution is -2.61. The van der Waals surface area contributed by atoms with Gasteiger partial charge in [0.05, 0.1) is 12.1 Å². The maximum absolute atomic E-state index is 12.5. The van der Waals surface area contributed by atoms with E-state index in [1.807, 2.05) is 24.3 Å². The van der Waals surface area contributed by atoms with Gasteiger partial charge in [0.1, 0.15) is 0 Å². The van der Waals surface area contributed by atoms with Crippen molar-refractivity contribution < 1.29 is 9.90 Å². The van der Waals surface area contributed by atoms with Crippen LogP contribution in [-0.2, 0) is 6.42 Å². The SMILES string of the molecule is O=C(O)N1C(c2ccccc2)c2ccccc2CC1C1CC2CCN1CC2. The van der Waals surface area contributed by atoms with Gasteiger partial charge in [-0.05, 0) is 61.4 Å². The zero-order chi connectivity index (χ0) is 18.4. The van der Waals surface area contributed by atoms with Crippen molar-refractivity contribution in [2.75, 3.05) is 13.1 Å². The van der Waals surface area contributed by atoms with E-state index in [2.05, 4.69) is 35.2 Å². The largest absolute Gasteiger partial charge is 0.465 e. The summed E-state index contributed by atoms with van der Waals surface area (Å²) < 4.78 is 0. The molecule has 4 heteroatoms. The molecular formula is C23H26N2O2. The van der Waals surface area contributed by atoms with E-state index in [1.165, 1.54) is 18.4 Å². The fraction of sp³-hybridized carbons (Fsp3) is 0.435. The van der Waals surface area contributed by atoms with Crippen LogP contribution < -0.4 is 0 Å². The Labute approximate surface area is 160 Å². The monoisotopic (exact) mass is 362 g/mol. The van der Waals surface area contributed by atoms with E-state index in [0.717, 1.165) is 43.0 Å². The highest BCUT2D eigenvalue weighted by atomic mass is 16.4. The van der Waals surface area contributed by atoms with Gasteiger partial charge in [0.15, 0.2) is 0 Å². The summed E-state index contributed by atoms with van der Waals surface area (Å²) in [5, 5.41) is 10.3. The van der Waals surface area contributed by atoms with Crippen molar-refractivity contribution in [3.8, 4) is 0 Å². The molecule has 4 aliphatic heterocycles. The maximum atomic E-state index is 12.5. The zero-order valence-corrected chi connectivity index (χ0v) is 15.5.